The highest BCUT2D eigenvalue weighted by Crippen LogP contribution is 2.19. The molecule has 0 aromatic carbocycles. The van der Waals surface area contributed by atoms with Crippen LogP contribution in [0.1, 0.15) is 10.4 Å². The van der Waals surface area contributed by atoms with Gasteiger partial charge in [0.15, 0.2) is 0 Å². The van der Waals surface area contributed by atoms with E-state index in [0.717, 1.165) is 45.1 Å². The maximum Gasteiger partial charge on any atom is 0.250 e. The third-order valence-corrected chi connectivity index (χ3v) is 3.75. The molecule has 1 fully saturated rings. The van der Waals surface area contributed by atoms with Crippen molar-refractivity contribution in [3.05, 3.63) is 17.8 Å². The van der Waals surface area contributed by atoms with Gasteiger partial charge in [-0.05, 0) is 20.2 Å². The molecule has 0 atom stereocenters. The molecule has 21 heavy (non-hydrogen) atoms. The molecule has 2 heterocycles. The van der Waals surface area contributed by atoms with Gasteiger partial charge in [-0.3, -0.25) is 9.69 Å². The molecule has 0 unspecified atom stereocenters. The van der Waals surface area contributed by atoms with Gasteiger partial charge >= 0.3 is 0 Å². The van der Waals surface area contributed by atoms with Gasteiger partial charge in [-0.15, -0.1) is 0 Å². The van der Waals surface area contributed by atoms with Gasteiger partial charge in [-0.25, -0.2) is 4.98 Å². The third-order valence-electron chi connectivity index (χ3n) is 3.75. The van der Waals surface area contributed by atoms with Crippen molar-refractivity contribution in [2.24, 2.45) is 5.73 Å². The van der Waals surface area contributed by atoms with Gasteiger partial charge in [0.25, 0.3) is 5.91 Å². The van der Waals surface area contributed by atoms with Crippen LogP contribution in [0.25, 0.3) is 0 Å². The monoisotopic (exact) mass is 292 g/mol. The maximum absolute atomic E-state index is 11.3. The highest BCUT2D eigenvalue weighted by atomic mass is 16.1. The van der Waals surface area contributed by atoms with E-state index in [9.17, 15) is 4.79 Å². The van der Waals surface area contributed by atoms with Crippen molar-refractivity contribution in [1.82, 2.24) is 14.8 Å². The summed E-state index contributed by atoms with van der Waals surface area (Å²) in [7, 11) is 4.17. The normalized spacial score (nSPS) is 16.4. The lowest BCUT2D eigenvalue weighted by molar-refractivity contribution is 0.100. The highest BCUT2D eigenvalue weighted by Gasteiger charge is 2.19. The average molecular weight is 292 g/mol. The second-order valence-electron chi connectivity index (χ2n) is 5.63. The Morgan fingerprint density at radius 2 is 2.00 bits per heavy atom. The maximum atomic E-state index is 11.3. The smallest absolute Gasteiger partial charge is 0.250 e. The van der Waals surface area contributed by atoms with E-state index in [1.165, 1.54) is 6.20 Å². The van der Waals surface area contributed by atoms with Crippen molar-refractivity contribution in [3.63, 3.8) is 0 Å². The molecule has 1 saturated heterocycles. The Bertz CT molecular complexity index is 496. The summed E-state index contributed by atoms with van der Waals surface area (Å²) in [6.07, 6.45) is 1.51. The Kier molecular flexibility index (Phi) is 4.98. The molecule has 4 N–H and O–H groups in total. The van der Waals surface area contributed by atoms with Crippen molar-refractivity contribution >= 4 is 17.4 Å². The molecule has 0 radical (unpaired) electrons. The van der Waals surface area contributed by atoms with Crippen molar-refractivity contribution < 1.29 is 4.79 Å². The van der Waals surface area contributed by atoms with Gasteiger partial charge in [-0.1, -0.05) is 0 Å². The van der Waals surface area contributed by atoms with Crippen molar-refractivity contribution in [3.8, 4) is 0 Å². The number of anilines is 2. The van der Waals surface area contributed by atoms with Crippen LogP contribution in [-0.4, -0.2) is 74.1 Å². The number of rotatable bonds is 5. The fraction of sp³-hybridized carbons (Fsp3) is 0.571. The zero-order valence-electron chi connectivity index (χ0n) is 12.7. The Morgan fingerprint density at radius 1 is 1.33 bits per heavy atom. The number of amides is 1. The van der Waals surface area contributed by atoms with Crippen LogP contribution in [-0.2, 0) is 0 Å². The summed E-state index contributed by atoms with van der Waals surface area (Å²) >= 11 is 0. The van der Waals surface area contributed by atoms with Gasteiger partial charge in [-0.2, -0.15) is 0 Å². The minimum atomic E-state index is -0.513. The second kappa shape index (κ2) is 6.73. The molecule has 7 nitrogen and oxygen atoms in total. The standard InChI is InChI=1S/C14H24N6O/c1-18(2)3-4-19-5-7-20(8-6-19)13-9-11(14(16)21)12(15)10-17-13/h9-10H,3-8,15H2,1-2H3,(H2,16,21). The van der Waals surface area contributed by atoms with Crippen LogP contribution in [0, 0.1) is 0 Å². The Hall–Kier alpha value is -1.86. The number of aromatic nitrogens is 1. The number of hydrogen-bond donors (Lipinski definition) is 2. The van der Waals surface area contributed by atoms with Crippen molar-refractivity contribution in [2.45, 2.75) is 0 Å². The molecule has 1 aliphatic rings. The Balaban J connectivity index is 1.96. The minimum Gasteiger partial charge on any atom is -0.397 e. The SMILES string of the molecule is CN(C)CCN1CCN(c2cc(C(N)=O)c(N)cn2)CC1. The number of carbonyl (C=O) groups is 1. The highest BCUT2D eigenvalue weighted by molar-refractivity contribution is 5.98. The molecular formula is C14H24N6O. The molecule has 0 saturated carbocycles. The summed E-state index contributed by atoms with van der Waals surface area (Å²) < 4.78 is 0. The number of primary amides is 1. The molecule has 1 amide bonds. The average Bonchev–Trinajstić information content (AvgIpc) is 2.46. The van der Waals surface area contributed by atoms with E-state index < -0.39 is 5.91 Å². The molecular weight excluding hydrogens is 268 g/mol. The zero-order chi connectivity index (χ0) is 15.4. The molecule has 0 spiro atoms. The Labute approximate surface area is 125 Å². The summed E-state index contributed by atoms with van der Waals surface area (Å²) in [6.45, 7) is 5.90. The summed E-state index contributed by atoms with van der Waals surface area (Å²) in [5, 5.41) is 0. The van der Waals surface area contributed by atoms with Gasteiger partial charge in [0.2, 0.25) is 0 Å². The molecule has 7 heteroatoms. The lowest BCUT2D eigenvalue weighted by atomic mass is 10.2. The fourth-order valence-corrected chi connectivity index (χ4v) is 2.38. The van der Waals surface area contributed by atoms with Crippen LogP contribution in [0.2, 0.25) is 0 Å². The molecule has 1 aromatic heterocycles. The molecule has 0 bridgehead atoms. The van der Waals surface area contributed by atoms with Crippen LogP contribution in [0.4, 0.5) is 11.5 Å². The first-order chi connectivity index (χ1) is 9.97. The van der Waals surface area contributed by atoms with Crippen molar-refractivity contribution in [2.75, 3.05) is 64.0 Å². The number of carbonyl (C=O) groups excluding carboxylic acids is 1. The topological polar surface area (TPSA) is 91.7 Å². The predicted molar refractivity (Wildman–Crippen MR) is 84.4 cm³/mol. The fourth-order valence-electron chi connectivity index (χ4n) is 2.38. The van der Waals surface area contributed by atoms with E-state index in [1.54, 1.807) is 6.07 Å². The molecule has 1 aliphatic heterocycles. The molecule has 116 valence electrons. The van der Waals surface area contributed by atoms with Crippen LogP contribution >= 0.6 is 0 Å². The summed E-state index contributed by atoms with van der Waals surface area (Å²) in [5.41, 5.74) is 11.7. The number of nitrogens with two attached hydrogens (primary N) is 2. The van der Waals surface area contributed by atoms with Crippen LogP contribution < -0.4 is 16.4 Å². The van der Waals surface area contributed by atoms with E-state index in [-0.39, 0.29) is 0 Å². The first kappa shape index (κ1) is 15.5. The molecule has 1 aromatic rings. The number of likely N-dealkylation sites (N-methyl/N-ethyl adjacent to an activating group) is 1. The number of pyridine rings is 1. The molecule has 0 aliphatic carbocycles. The van der Waals surface area contributed by atoms with E-state index in [0.29, 0.717) is 11.3 Å². The Morgan fingerprint density at radius 3 is 2.57 bits per heavy atom. The first-order valence-corrected chi connectivity index (χ1v) is 7.14. The predicted octanol–water partition coefficient (Wildman–Crippen LogP) is -0.554. The van der Waals surface area contributed by atoms with Crippen LogP contribution in [0.15, 0.2) is 12.3 Å². The van der Waals surface area contributed by atoms with Gasteiger partial charge < -0.3 is 21.3 Å². The lowest BCUT2D eigenvalue weighted by Gasteiger charge is -2.36. The second-order valence-corrected chi connectivity index (χ2v) is 5.63. The van der Waals surface area contributed by atoms with E-state index in [1.807, 2.05) is 0 Å². The lowest BCUT2D eigenvalue weighted by Crippen LogP contribution is -2.48. The van der Waals surface area contributed by atoms with Gasteiger partial charge in [0.05, 0.1) is 17.4 Å². The van der Waals surface area contributed by atoms with Gasteiger partial charge in [0.1, 0.15) is 5.82 Å². The van der Waals surface area contributed by atoms with Crippen molar-refractivity contribution in [1.29, 1.82) is 0 Å². The summed E-state index contributed by atoms with van der Waals surface area (Å²) in [6, 6.07) is 1.69. The number of piperazine rings is 1. The number of nitrogen functional groups attached to an aromatic ring is 1. The number of nitrogens with zero attached hydrogens (tertiary/aromatic N) is 4. The zero-order valence-corrected chi connectivity index (χ0v) is 12.7. The summed E-state index contributed by atoms with van der Waals surface area (Å²) in [4.78, 5) is 22.4. The first-order valence-electron chi connectivity index (χ1n) is 7.14. The molecule has 2 rings (SSSR count). The van der Waals surface area contributed by atoms with E-state index in [4.69, 9.17) is 11.5 Å². The summed E-state index contributed by atoms with van der Waals surface area (Å²) in [5.74, 6) is 0.256. The minimum absolute atomic E-state index is 0.330. The number of hydrogen-bond acceptors (Lipinski definition) is 6. The van der Waals surface area contributed by atoms with E-state index in [2.05, 4.69) is 33.8 Å². The third kappa shape index (κ3) is 4.05. The van der Waals surface area contributed by atoms with Crippen LogP contribution in [0.5, 0.6) is 0 Å². The van der Waals surface area contributed by atoms with Crippen LogP contribution in [0.3, 0.4) is 0 Å². The quantitative estimate of drug-likeness (QED) is 0.756. The van der Waals surface area contributed by atoms with Gasteiger partial charge in [0, 0.05) is 39.3 Å². The van der Waals surface area contributed by atoms with E-state index >= 15 is 0 Å². The largest absolute Gasteiger partial charge is 0.397 e.